The maximum absolute atomic E-state index is 8.58. The summed E-state index contributed by atoms with van der Waals surface area (Å²) in [6.45, 7) is 3.32. The van der Waals surface area contributed by atoms with Crippen molar-refractivity contribution in [1.29, 1.82) is 0 Å². The monoisotopic (exact) mass is 136 g/mol. The van der Waals surface area contributed by atoms with Crippen LogP contribution in [0, 0.1) is 0 Å². The van der Waals surface area contributed by atoms with Crippen molar-refractivity contribution >= 4 is 6.08 Å². The Labute approximate surface area is 59.1 Å². The number of furan rings is 1. The van der Waals surface area contributed by atoms with E-state index in [1.165, 1.54) is 0 Å². The molecule has 0 saturated carbocycles. The molecule has 0 amide bonds. The zero-order valence-electron chi connectivity index (χ0n) is 5.50. The highest BCUT2D eigenvalue weighted by Crippen LogP contribution is 2.07. The first-order chi connectivity index (χ1) is 4.86. The van der Waals surface area contributed by atoms with Gasteiger partial charge in [-0.2, -0.15) is 0 Å². The molecule has 0 aliphatic heterocycles. The van der Waals surface area contributed by atoms with Crippen molar-refractivity contribution in [2.24, 2.45) is 0 Å². The van der Waals surface area contributed by atoms with Crippen LogP contribution in [0.5, 0.6) is 0 Å². The van der Waals surface area contributed by atoms with E-state index >= 15 is 0 Å². The van der Waals surface area contributed by atoms with Crippen LogP contribution in [0.15, 0.2) is 28.9 Å². The third kappa shape index (κ3) is 1.38. The molecule has 0 aliphatic carbocycles. The SMILES string of the molecule is C=C=Cc1ccc(CO)o1. The van der Waals surface area contributed by atoms with E-state index in [9.17, 15) is 0 Å². The van der Waals surface area contributed by atoms with E-state index in [-0.39, 0.29) is 6.61 Å². The van der Waals surface area contributed by atoms with Gasteiger partial charge in [0.15, 0.2) is 0 Å². The number of rotatable bonds is 2. The van der Waals surface area contributed by atoms with Crippen LogP contribution in [-0.4, -0.2) is 5.11 Å². The normalized spacial score (nSPS) is 8.90. The summed E-state index contributed by atoms with van der Waals surface area (Å²) < 4.78 is 5.07. The highest BCUT2D eigenvalue weighted by molar-refractivity contribution is 5.41. The van der Waals surface area contributed by atoms with Gasteiger partial charge in [-0.25, -0.2) is 0 Å². The Kier molecular flexibility index (Phi) is 2.11. The maximum Gasteiger partial charge on any atom is 0.134 e. The molecule has 1 aromatic heterocycles. The molecule has 2 heteroatoms. The molecule has 0 bridgehead atoms. The molecule has 10 heavy (non-hydrogen) atoms. The lowest BCUT2D eigenvalue weighted by Gasteiger charge is -1.83. The van der Waals surface area contributed by atoms with Gasteiger partial charge in [0.2, 0.25) is 0 Å². The van der Waals surface area contributed by atoms with Crippen LogP contribution in [0.25, 0.3) is 6.08 Å². The van der Waals surface area contributed by atoms with Gasteiger partial charge in [0.1, 0.15) is 18.1 Å². The summed E-state index contributed by atoms with van der Waals surface area (Å²) in [5.74, 6) is 1.22. The molecular weight excluding hydrogens is 128 g/mol. The summed E-state index contributed by atoms with van der Waals surface area (Å²) in [5.41, 5.74) is 2.57. The number of hydrogen-bond donors (Lipinski definition) is 1. The minimum atomic E-state index is -0.0645. The van der Waals surface area contributed by atoms with E-state index < -0.39 is 0 Å². The molecule has 0 fully saturated rings. The van der Waals surface area contributed by atoms with Crippen LogP contribution >= 0.6 is 0 Å². The fourth-order valence-electron chi connectivity index (χ4n) is 0.658. The lowest BCUT2D eigenvalue weighted by atomic mass is 10.4. The van der Waals surface area contributed by atoms with Gasteiger partial charge in [-0.3, -0.25) is 0 Å². The average Bonchev–Trinajstić information content (AvgIpc) is 2.37. The Balaban J connectivity index is 2.87. The van der Waals surface area contributed by atoms with Crippen molar-refractivity contribution in [1.82, 2.24) is 0 Å². The van der Waals surface area contributed by atoms with Crippen LogP contribution in [0.3, 0.4) is 0 Å². The second-order valence-corrected chi connectivity index (χ2v) is 1.81. The van der Waals surface area contributed by atoms with Crippen molar-refractivity contribution in [2.75, 3.05) is 0 Å². The Morgan fingerprint density at radius 3 is 3.00 bits per heavy atom. The van der Waals surface area contributed by atoms with E-state index in [1.807, 2.05) is 0 Å². The average molecular weight is 136 g/mol. The first kappa shape index (κ1) is 6.87. The van der Waals surface area contributed by atoms with E-state index in [1.54, 1.807) is 18.2 Å². The summed E-state index contributed by atoms with van der Waals surface area (Å²) >= 11 is 0. The summed E-state index contributed by atoms with van der Waals surface area (Å²) in [7, 11) is 0. The molecular formula is C8H8O2. The van der Waals surface area contributed by atoms with Crippen molar-refractivity contribution in [3.63, 3.8) is 0 Å². The zero-order valence-corrected chi connectivity index (χ0v) is 5.50. The highest BCUT2D eigenvalue weighted by atomic mass is 16.4. The number of hydrogen-bond acceptors (Lipinski definition) is 2. The first-order valence-corrected chi connectivity index (χ1v) is 2.92. The lowest BCUT2D eigenvalue weighted by Crippen LogP contribution is -1.73. The van der Waals surface area contributed by atoms with E-state index in [2.05, 4.69) is 12.3 Å². The molecule has 0 spiro atoms. The summed E-state index contributed by atoms with van der Waals surface area (Å²) in [6.07, 6.45) is 1.61. The summed E-state index contributed by atoms with van der Waals surface area (Å²) in [4.78, 5) is 0. The number of aliphatic hydroxyl groups excluding tert-OH is 1. The Morgan fingerprint density at radius 2 is 2.50 bits per heavy atom. The third-order valence-electron chi connectivity index (χ3n) is 1.08. The van der Waals surface area contributed by atoms with Gasteiger partial charge in [-0.05, 0) is 12.1 Å². The molecule has 0 unspecified atom stereocenters. The first-order valence-electron chi connectivity index (χ1n) is 2.92. The molecule has 0 aliphatic rings. The van der Waals surface area contributed by atoms with Crippen LogP contribution in [0.4, 0.5) is 0 Å². The zero-order chi connectivity index (χ0) is 7.40. The van der Waals surface area contributed by atoms with Crippen molar-refractivity contribution in [3.8, 4) is 0 Å². The number of aliphatic hydroxyl groups is 1. The van der Waals surface area contributed by atoms with Gasteiger partial charge in [-0.15, -0.1) is 5.73 Å². The smallest absolute Gasteiger partial charge is 0.134 e. The van der Waals surface area contributed by atoms with Gasteiger partial charge in [0.05, 0.1) is 0 Å². The molecule has 1 heterocycles. The molecule has 0 aromatic carbocycles. The Morgan fingerprint density at radius 1 is 1.70 bits per heavy atom. The fourth-order valence-corrected chi connectivity index (χ4v) is 0.658. The van der Waals surface area contributed by atoms with E-state index in [0.717, 1.165) is 0 Å². The molecule has 0 atom stereocenters. The fraction of sp³-hybridized carbons (Fsp3) is 0.125. The lowest BCUT2D eigenvalue weighted by molar-refractivity contribution is 0.246. The maximum atomic E-state index is 8.58. The predicted molar refractivity (Wildman–Crippen MR) is 38.2 cm³/mol. The Hall–Kier alpha value is -1.24. The second-order valence-electron chi connectivity index (χ2n) is 1.81. The van der Waals surface area contributed by atoms with Crippen LogP contribution < -0.4 is 0 Å². The predicted octanol–water partition coefficient (Wildman–Crippen LogP) is 1.57. The molecule has 1 N–H and O–H groups in total. The Bertz CT molecular complexity index is 254. The molecule has 52 valence electrons. The molecule has 0 saturated heterocycles. The largest absolute Gasteiger partial charge is 0.459 e. The molecule has 1 rings (SSSR count). The van der Waals surface area contributed by atoms with Crippen LogP contribution in [0.2, 0.25) is 0 Å². The van der Waals surface area contributed by atoms with Crippen molar-refractivity contribution in [3.05, 3.63) is 36.0 Å². The minimum Gasteiger partial charge on any atom is -0.459 e. The van der Waals surface area contributed by atoms with E-state index in [4.69, 9.17) is 9.52 Å². The molecule has 0 radical (unpaired) electrons. The summed E-state index contributed by atoms with van der Waals surface area (Å²) in [6, 6.07) is 3.47. The summed E-state index contributed by atoms with van der Waals surface area (Å²) in [5, 5.41) is 8.58. The van der Waals surface area contributed by atoms with Crippen LogP contribution in [-0.2, 0) is 6.61 Å². The molecule has 2 nitrogen and oxygen atoms in total. The standard InChI is InChI=1S/C8H8O2/c1-2-3-7-4-5-8(6-9)10-7/h3-5,9H,1,6H2. The topological polar surface area (TPSA) is 33.4 Å². The molecule has 1 aromatic rings. The van der Waals surface area contributed by atoms with Gasteiger partial charge in [-0.1, -0.05) is 6.58 Å². The van der Waals surface area contributed by atoms with Gasteiger partial charge in [0.25, 0.3) is 0 Å². The van der Waals surface area contributed by atoms with Gasteiger partial charge < -0.3 is 9.52 Å². The van der Waals surface area contributed by atoms with Crippen LogP contribution in [0.1, 0.15) is 11.5 Å². The third-order valence-corrected chi connectivity index (χ3v) is 1.08. The second kappa shape index (κ2) is 3.06. The van der Waals surface area contributed by atoms with Crippen molar-refractivity contribution < 1.29 is 9.52 Å². The quantitative estimate of drug-likeness (QED) is 0.626. The van der Waals surface area contributed by atoms with Gasteiger partial charge >= 0.3 is 0 Å². The van der Waals surface area contributed by atoms with Crippen molar-refractivity contribution in [2.45, 2.75) is 6.61 Å². The minimum absolute atomic E-state index is 0.0645. The highest BCUT2D eigenvalue weighted by Gasteiger charge is 1.94. The van der Waals surface area contributed by atoms with Gasteiger partial charge in [0, 0.05) is 6.08 Å². The van der Waals surface area contributed by atoms with E-state index in [0.29, 0.717) is 11.5 Å².